The molecule has 2 heterocycles. The molecule has 0 radical (unpaired) electrons. The summed E-state index contributed by atoms with van der Waals surface area (Å²) in [7, 11) is 0. The van der Waals surface area contributed by atoms with E-state index in [-0.39, 0.29) is 12.6 Å². The summed E-state index contributed by atoms with van der Waals surface area (Å²) in [6.45, 7) is 5.76. The number of hydrogen-bond donors (Lipinski definition) is 0. The number of benzene rings is 2. The van der Waals surface area contributed by atoms with Gasteiger partial charge in [0.25, 0.3) is 5.91 Å². The Kier molecular flexibility index (Phi) is 7.26. The van der Waals surface area contributed by atoms with E-state index in [0.29, 0.717) is 39.6 Å². The van der Waals surface area contributed by atoms with Gasteiger partial charge in [0.15, 0.2) is 12.4 Å². The van der Waals surface area contributed by atoms with E-state index in [1.807, 2.05) is 42.2 Å². The van der Waals surface area contributed by atoms with Crippen molar-refractivity contribution in [1.29, 1.82) is 0 Å². The normalized spacial score (nSPS) is 14.6. The average Bonchev–Trinajstić information content (AvgIpc) is 3.26. The quantitative estimate of drug-likeness (QED) is 0.477. The molecule has 1 fully saturated rings. The van der Waals surface area contributed by atoms with E-state index in [0.717, 1.165) is 30.8 Å². The predicted molar refractivity (Wildman–Crippen MR) is 127 cm³/mol. The molecule has 1 amide bonds. The third-order valence-electron chi connectivity index (χ3n) is 5.35. The zero-order chi connectivity index (χ0) is 22.7. The Morgan fingerprint density at radius 1 is 0.969 bits per heavy atom. The molecule has 1 aliphatic rings. The van der Waals surface area contributed by atoms with Crippen LogP contribution in [0.25, 0.3) is 0 Å². The molecule has 0 unspecified atom stereocenters. The van der Waals surface area contributed by atoms with E-state index in [1.165, 1.54) is 0 Å². The molecule has 168 valence electrons. The minimum atomic E-state index is -0.0773. The lowest BCUT2D eigenvalue weighted by Gasteiger charge is -2.34. The van der Waals surface area contributed by atoms with Crippen LogP contribution in [0.4, 0.5) is 0 Å². The topological polar surface area (TPSA) is 50.6 Å². The number of aryl methyl sites for hydroxylation is 1. The number of hydrogen-bond acceptors (Lipinski definition) is 4. The van der Waals surface area contributed by atoms with E-state index < -0.39 is 0 Å². The van der Waals surface area contributed by atoms with Crippen molar-refractivity contribution in [2.75, 3.05) is 26.2 Å². The summed E-state index contributed by atoms with van der Waals surface area (Å²) >= 11 is 18.3. The standard InChI is InChI=1S/C23H23Cl3N4O2/c1-16-2-4-19(25)22(12-16)32-15-30-7-6-21(27-30)23(31)29-10-8-28(9-11-29)14-17-3-5-18(24)20(26)13-17/h2-7,12-13H,8-11,14-15H2,1H3. The Labute approximate surface area is 202 Å². The maximum atomic E-state index is 12.9. The van der Waals surface area contributed by atoms with Gasteiger partial charge in [-0.05, 0) is 48.4 Å². The van der Waals surface area contributed by atoms with Gasteiger partial charge in [-0.2, -0.15) is 5.10 Å². The molecule has 0 atom stereocenters. The number of piperazine rings is 1. The van der Waals surface area contributed by atoms with Crippen LogP contribution in [-0.2, 0) is 13.3 Å². The van der Waals surface area contributed by atoms with Gasteiger partial charge in [-0.15, -0.1) is 0 Å². The molecule has 6 nitrogen and oxygen atoms in total. The van der Waals surface area contributed by atoms with Crippen LogP contribution in [0.3, 0.4) is 0 Å². The summed E-state index contributed by atoms with van der Waals surface area (Å²) in [6, 6.07) is 13.0. The molecule has 1 aromatic heterocycles. The zero-order valence-corrected chi connectivity index (χ0v) is 19.9. The molecule has 2 aromatic carbocycles. The van der Waals surface area contributed by atoms with Crippen LogP contribution in [-0.4, -0.2) is 51.7 Å². The maximum absolute atomic E-state index is 12.9. The Bertz CT molecular complexity index is 1110. The van der Waals surface area contributed by atoms with Gasteiger partial charge in [-0.25, -0.2) is 4.68 Å². The van der Waals surface area contributed by atoms with E-state index in [4.69, 9.17) is 39.5 Å². The Morgan fingerprint density at radius 2 is 1.72 bits per heavy atom. The first kappa shape index (κ1) is 22.9. The summed E-state index contributed by atoms with van der Waals surface area (Å²) < 4.78 is 7.34. The first-order valence-electron chi connectivity index (χ1n) is 10.3. The van der Waals surface area contributed by atoms with Crippen molar-refractivity contribution < 1.29 is 9.53 Å². The molecule has 0 N–H and O–H groups in total. The number of aromatic nitrogens is 2. The summed E-state index contributed by atoms with van der Waals surface area (Å²) in [4.78, 5) is 17.0. The van der Waals surface area contributed by atoms with Gasteiger partial charge in [0.05, 0.1) is 15.1 Å². The Morgan fingerprint density at radius 3 is 2.47 bits per heavy atom. The highest BCUT2D eigenvalue weighted by Crippen LogP contribution is 2.26. The first-order valence-corrected chi connectivity index (χ1v) is 11.4. The molecule has 0 bridgehead atoms. The number of carbonyl (C=O) groups excluding carboxylic acids is 1. The fraction of sp³-hybridized carbons (Fsp3) is 0.304. The SMILES string of the molecule is Cc1ccc(Cl)c(OCn2ccc(C(=O)N3CCN(Cc4ccc(Cl)c(Cl)c4)CC3)n2)c1. The molecular formula is C23H23Cl3N4O2. The highest BCUT2D eigenvalue weighted by Gasteiger charge is 2.24. The second-order valence-electron chi connectivity index (χ2n) is 7.76. The lowest BCUT2D eigenvalue weighted by molar-refractivity contribution is 0.0621. The van der Waals surface area contributed by atoms with Crippen molar-refractivity contribution in [2.45, 2.75) is 20.2 Å². The van der Waals surface area contributed by atoms with Gasteiger partial charge < -0.3 is 9.64 Å². The van der Waals surface area contributed by atoms with Crippen LogP contribution in [0.2, 0.25) is 15.1 Å². The average molecular weight is 494 g/mol. The highest BCUT2D eigenvalue weighted by molar-refractivity contribution is 6.42. The Hall–Kier alpha value is -2.25. The van der Waals surface area contributed by atoms with Gasteiger partial charge in [-0.1, -0.05) is 46.9 Å². The van der Waals surface area contributed by atoms with Gasteiger partial charge >= 0.3 is 0 Å². The molecule has 0 spiro atoms. The van der Waals surface area contributed by atoms with Crippen LogP contribution in [0.15, 0.2) is 48.7 Å². The number of amides is 1. The van der Waals surface area contributed by atoms with Crippen molar-refractivity contribution in [3.05, 3.63) is 80.6 Å². The number of rotatable bonds is 6. The van der Waals surface area contributed by atoms with E-state index in [9.17, 15) is 4.79 Å². The van der Waals surface area contributed by atoms with Gasteiger partial charge in [0.2, 0.25) is 0 Å². The summed E-state index contributed by atoms with van der Waals surface area (Å²) in [6.07, 6.45) is 1.73. The molecule has 0 saturated carbocycles. The summed E-state index contributed by atoms with van der Waals surface area (Å²) in [5.41, 5.74) is 2.56. The van der Waals surface area contributed by atoms with E-state index in [1.54, 1.807) is 23.0 Å². The van der Waals surface area contributed by atoms with Crippen LogP contribution in [0, 0.1) is 6.92 Å². The van der Waals surface area contributed by atoms with Crippen molar-refractivity contribution >= 4 is 40.7 Å². The molecule has 1 aliphatic heterocycles. The fourth-order valence-electron chi connectivity index (χ4n) is 3.57. The molecule has 32 heavy (non-hydrogen) atoms. The number of nitrogens with zero attached hydrogens (tertiary/aromatic N) is 4. The zero-order valence-electron chi connectivity index (χ0n) is 17.6. The van der Waals surface area contributed by atoms with Crippen molar-refractivity contribution in [3.63, 3.8) is 0 Å². The van der Waals surface area contributed by atoms with E-state index >= 15 is 0 Å². The van der Waals surface area contributed by atoms with Crippen molar-refractivity contribution in [1.82, 2.24) is 19.6 Å². The summed E-state index contributed by atoms with van der Waals surface area (Å²) in [5.74, 6) is 0.514. The fourth-order valence-corrected chi connectivity index (χ4v) is 4.06. The third kappa shape index (κ3) is 5.56. The van der Waals surface area contributed by atoms with Crippen LogP contribution >= 0.6 is 34.8 Å². The van der Waals surface area contributed by atoms with Crippen molar-refractivity contribution in [3.8, 4) is 5.75 Å². The second-order valence-corrected chi connectivity index (χ2v) is 8.99. The highest BCUT2D eigenvalue weighted by atomic mass is 35.5. The van der Waals surface area contributed by atoms with Crippen LogP contribution in [0.5, 0.6) is 5.75 Å². The minimum Gasteiger partial charge on any atom is -0.470 e. The second kappa shape index (κ2) is 10.1. The molecule has 3 aromatic rings. The van der Waals surface area contributed by atoms with Crippen LogP contribution < -0.4 is 4.74 Å². The molecule has 1 saturated heterocycles. The minimum absolute atomic E-state index is 0.0773. The number of carbonyl (C=O) groups is 1. The van der Waals surface area contributed by atoms with Gasteiger partial charge in [-0.3, -0.25) is 9.69 Å². The van der Waals surface area contributed by atoms with Crippen LogP contribution in [0.1, 0.15) is 21.6 Å². The molecule has 9 heteroatoms. The maximum Gasteiger partial charge on any atom is 0.274 e. The monoisotopic (exact) mass is 492 g/mol. The predicted octanol–water partition coefficient (Wildman–Crippen LogP) is 5.15. The molecular weight excluding hydrogens is 471 g/mol. The summed E-state index contributed by atoms with van der Waals surface area (Å²) in [5, 5.41) is 6.02. The first-order chi connectivity index (χ1) is 15.4. The molecule has 4 rings (SSSR count). The molecule has 0 aliphatic carbocycles. The van der Waals surface area contributed by atoms with E-state index in [2.05, 4.69) is 10.00 Å². The Balaban J connectivity index is 1.29. The van der Waals surface area contributed by atoms with Crippen molar-refractivity contribution in [2.24, 2.45) is 0 Å². The largest absolute Gasteiger partial charge is 0.470 e. The van der Waals surface area contributed by atoms with Gasteiger partial charge in [0, 0.05) is 38.9 Å². The smallest absolute Gasteiger partial charge is 0.274 e. The number of halogens is 3. The lowest BCUT2D eigenvalue weighted by Crippen LogP contribution is -2.48. The van der Waals surface area contributed by atoms with Gasteiger partial charge in [0.1, 0.15) is 5.75 Å². The lowest BCUT2D eigenvalue weighted by atomic mass is 10.2. The number of ether oxygens (including phenoxy) is 1. The third-order valence-corrected chi connectivity index (χ3v) is 6.40.